The first-order valence-corrected chi connectivity index (χ1v) is 8.06. The summed E-state index contributed by atoms with van der Waals surface area (Å²) in [7, 11) is 0. The fraction of sp³-hybridized carbons (Fsp3) is 0.529. The molecule has 2 aliphatic rings. The number of fused-ring (bicyclic) bond motifs is 1. The van der Waals surface area contributed by atoms with Crippen molar-refractivity contribution in [1.29, 1.82) is 0 Å². The third-order valence-corrected chi connectivity index (χ3v) is 4.76. The number of benzene rings is 1. The van der Waals surface area contributed by atoms with Gasteiger partial charge in [0.05, 0.1) is 6.04 Å². The molecule has 1 fully saturated rings. The zero-order valence-electron chi connectivity index (χ0n) is 12.2. The second-order valence-corrected chi connectivity index (χ2v) is 6.14. The van der Waals surface area contributed by atoms with Crippen LogP contribution in [0, 0.1) is 0 Å². The van der Waals surface area contributed by atoms with Crippen molar-refractivity contribution in [2.45, 2.75) is 50.5 Å². The molecule has 1 aromatic heterocycles. The molecule has 0 bridgehead atoms. The Hall–Kier alpha value is -1.68. The Labute approximate surface area is 124 Å². The highest BCUT2D eigenvalue weighted by molar-refractivity contribution is 5.38. The van der Waals surface area contributed by atoms with Gasteiger partial charge in [0.2, 0.25) is 5.89 Å². The molecule has 1 aromatic carbocycles. The first kappa shape index (κ1) is 13.0. The van der Waals surface area contributed by atoms with Crippen molar-refractivity contribution in [1.82, 2.24) is 15.5 Å². The molecule has 4 heteroatoms. The van der Waals surface area contributed by atoms with Gasteiger partial charge in [0, 0.05) is 5.92 Å². The van der Waals surface area contributed by atoms with Crippen LogP contribution < -0.4 is 5.32 Å². The van der Waals surface area contributed by atoms with Crippen molar-refractivity contribution >= 4 is 0 Å². The van der Waals surface area contributed by atoms with Gasteiger partial charge in [-0.25, -0.2) is 0 Å². The predicted octanol–water partition coefficient (Wildman–Crippen LogP) is 3.35. The van der Waals surface area contributed by atoms with E-state index in [1.54, 1.807) is 0 Å². The van der Waals surface area contributed by atoms with Gasteiger partial charge in [-0.15, -0.1) is 0 Å². The Kier molecular flexibility index (Phi) is 3.47. The van der Waals surface area contributed by atoms with Crippen LogP contribution in [-0.2, 0) is 6.42 Å². The number of nitrogens with zero attached hydrogens (tertiary/aromatic N) is 2. The number of nitrogens with one attached hydrogen (secondary N) is 1. The van der Waals surface area contributed by atoms with Crippen molar-refractivity contribution in [3.63, 3.8) is 0 Å². The van der Waals surface area contributed by atoms with E-state index in [1.807, 2.05) is 0 Å². The van der Waals surface area contributed by atoms with Gasteiger partial charge in [0.25, 0.3) is 0 Å². The molecule has 2 atom stereocenters. The molecule has 1 aliphatic carbocycles. The molecule has 2 heterocycles. The van der Waals surface area contributed by atoms with Crippen LogP contribution in [0.3, 0.4) is 0 Å². The lowest BCUT2D eigenvalue weighted by Crippen LogP contribution is -2.20. The van der Waals surface area contributed by atoms with E-state index in [0.717, 1.165) is 37.5 Å². The van der Waals surface area contributed by atoms with Crippen LogP contribution in [0.2, 0.25) is 0 Å². The van der Waals surface area contributed by atoms with Gasteiger partial charge < -0.3 is 9.84 Å². The van der Waals surface area contributed by atoms with E-state index in [4.69, 9.17) is 9.51 Å². The number of aromatic nitrogens is 2. The average Bonchev–Trinajstić information content (AvgIpc) is 3.07. The van der Waals surface area contributed by atoms with Crippen LogP contribution in [0.1, 0.15) is 66.9 Å². The van der Waals surface area contributed by atoms with Gasteiger partial charge in [-0.2, -0.15) is 4.98 Å². The molecule has 110 valence electrons. The average molecular weight is 283 g/mol. The highest BCUT2D eigenvalue weighted by atomic mass is 16.5. The summed E-state index contributed by atoms with van der Waals surface area (Å²) < 4.78 is 5.56. The molecule has 2 unspecified atom stereocenters. The molecule has 1 saturated heterocycles. The third-order valence-electron chi connectivity index (χ3n) is 4.76. The van der Waals surface area contributed by atoms with Crippen LogP contribution in [0.4, 0.5) is 0 Å². The van der Waals surface area contributed by atoms with Crippen LogP contribution in [0.5, 0.6) is 0 Å². The lowest BCUT2D eigenvalue weighted by atomic mass is 10.0. The van der Waals surface area contributed by atoms with Crippen LogP contribution in [0.25, 0.3) is 0 Å². The molecule has 21 heavy (non-hydrogen) atoms. The predicted molar refractivity (Wildman–Crippen MR) is 80.1 cm³/mol. The molecule has 1 aliphatic heterocycles. The summed E-state index contributed by atoms with van der Waals surface area (Å²) in [5.74, 6) is 1.95. The summed E-state index contributed by atoms with van der Waals surface area (Å²) >= 11 is 0. The van der Waals surface area contributed by atoms with Crippen molar-refractivity contribution in [3.8, 4) is 0 Å². The third kappa shape index (κ3) is 2.48. The fourth-order valence-corrected chi connectivity index (χ4v) is 3.60. The van der Waals surface area contributed by atoms with Crippen molar-refractivity contribution < 1.29 is 4.52 Å². The maximum Gasteiger partial charge on any atom is 0.243 e. The largest absolute Gasteiger partial charge is 0.338 e. The summed E-state index contributed by atoms with van der Waals surface area (Å²) in [6.45, 7) is 1.05. The van der Waals surface area contributed by atoms with E-state index >= 15 is 0 Å². The molecule has 1 N–H and O–H groups in total. The lowest BCUT2D eigenvalue weighted by Gasteiger charge is -2.10. The van der Waals surface area contributed by atoms with Crippen LogP contribution in [-0.4, -0.2) is 16.7 Å². The molecular formula is C17H21N3O. The summed E-state index contributed by atoms with van der Waals surface area (Å²) in [4.78, 5) is 4.72. The second kappa shape index (κ2) is 5.60. The quantitative estimate of drug-likeness (QED) is 0.918. The Morgan fingerprint density at radius 2 is 2.05 bits per heavy atom. The molecule has 0 amide bonds. The summed E-state index contributed by atoms with van der Waals surface area (Å²) in [6.07, 6.45) is 7.08. The van der Waals surface area contributed by atoms with E-state index in [-0.39, 0.29) is 6.04 Å². The van der Waals surface area contributed by atoms with Gasteiger partial charge in [-0.3, -0.25) is 0 Å². The molecule has 0 radical (unpaired) electrons. The topological polar surface area (TPSA) is 51.0 Å². The van der Waals surface area contributed by atoms with E-state index in [1.165, 1.54) is 30.4 Å². The normalized spacial score (nSPS) is 25.5. The number of aryl methyl sites for hydroxylation is 1. The summed E-state index contributed by atoms with van der Waals surface area (Å²) in [5, 5.41) is 7.80. The SMILES string of the molecule is c1ccc2c(c1)CCC2c1noc(C2CCCCCN2)n1. The maximum absolute atomic E-state index is 5.56. The Morgan fingerprint density at radius 3 is 3.05 bits per heavy atom. The molecule has 4 nitrogen and oxygen atoms in total. The zero-order valence-corrected chi connectivity index (χ0v) is 12.2. The molecule has 4 rings (SSSR count). The Bertz CT molecular complexity index is 614. The van der Waals surface area contributed by atoms with Gasteiger partial charge in [-0.05, 0) is 43.4 Å². The minimum atomic E-state index is 0.241. The van der Waals surface area contributed by atoms with E-state index < -0.39 is 0 Å². The van der Waals surface area contributed by atoms with E-state index in [0.29, 0.717) is 5.92 Å². The first-order chi connectivity index (χ1) is 10.4. The fourth-order valence-electron chi connectivity index (χ4n) is 3.60. The minimum Gasteiger partial charge on any atom is -0.338 e. The highest BCUT2D eigenvalue weighted by Gasteiger charge is 2.29. The number of hydrogen-bond donors (Lipinski definition) is 1. The number of hydrogen-bond acceptors (Lipinski definition) is 4. The van der Waals surface area contributed by atoms with E-state index in [9.17, 15) is 0 Å². The molecule has 2 aromatic rings. The highest BCUT2D eigenvalue weighted by Crippen LogP contribution is 2.37. The second-order valence-electron chi connectivity index (χ2n) is 6.14. The minimum absolute atomic E-state index is 0.241. The number of rotatable bonds is 2. The molecule has 0 saturated carbocycles. The zero-order chi connectivity index (χ0) is 14.1. The van der Waals surface area contributed by atoms with Crippen molar-refractivity contribution in [2.24, 2.45) is 0 Å². The van der Waals surface area contributed by atoms with Crippen LogP contribution >= 0.6 is 0 Å². The van der Waals surface area contributed by atoms with Gasteiger partial charge >= 0.3 is 0 Å². The van der Waals surface area contributed by atoms with Gasteiger partial charge in [0.15, 0.2) is 5.82 Å². The van der Waals surface area contributed by atoms with Crippen LogP contribution in [0.15, 0.2) is 28.8 Å². The standard InChI is InChI=1S/C17H21N3O/c1-2-8-15(18-11-5-1)17-19-16(20-21-17)14-10-9-12-6-3-4-7-13(12)14/h3-4,6-7,14-15,18H,1-2,5,8-11H2. The lowest BCUT2D eigenvalue weighted by molar-refractivity contribution is 0.324. The first-order valence-electron chi connectivity index (χ1n) is 8.06. The van der Waals surface area contributed by atoms with Gasteiger partial charge in [0.1, 0.15) is 0 Å². The molecular weight excluding hydrogens is 262 g/mol. The smallest absolute Gasteiger partial charge is 0.243 e. The van der Waals surface area contributed by atoms with Crippen molar-refractivity contribution in [2.75, 3.05) is 6.54 Å². The monoisotopic (exact) mass is 283 g/mol. The Balaban J connectivity index is 1.57. The van der Waals surface area contributed by atoms with Gasteiger partial charge in [-0.1, -0.05) is 42.3 Å². The summed E-state index contributed by atoms with van der Waals surface area (Å²) in [5.41, 5.74) is 2.81. The molecule has 0 spiro atoms. The Morgan fingerprint density at radius 1 is 1.10 bits per heavy atom. The maximum atomic E-state index is 5.56. The van der Waals surface area contributed by atoms with E-state index in [2.05, 4.69) is 34.7 Å². The summed E-state index contributed by atoms with van der Waals surface area (Å²) in [6, 6.07) is 8.87. The van der Waals surface area contributed by atoms with Crippen molar-refractivity contribution in [3.05, 3.63) is 47.1 Å².